The van der Waals surface area contributed by atoms with E-state index in [4.69, 9.17) is 4.74 Å². The van der Waals surface area contributed by atoms with Crippen LogP contribution in [0.5, 0.6) is 5.75 Å². The highest BCUT2D eigenvalue weighted by Gasteiger charge is 2.21. The molecule has 1 aromatic carbocycles. The summed E-state index contributed by atoms with van der Waals surface area (Å²) < 4.78 is 5.71. The molecule has 1 aliphatic heterocycles. The number of hydrogen-bond acceptors (Lipinski definition) is 3. The zero-order valence-corrected chi connectivity index (χ0v) is 13.8. The van der Waals surface area contributed by atoms with Crippen LogP contribution in [0.3, 0.4) is 0 Å². The van der Waals surface area contributed by atoms with E-state index in [1.807, 2.05) is 18.2 Å². The Morgan fingerprint density at radius 2 is 1.90 bits per heavy atom. The number of rotatable bonds is 6. The largest absolute Gasteiger partial charge is 0.493 e. The number of likely N-dealkylation sites (tertiary alicyclic amines) is 1. The van der Waals surface area contributed by atoms with E-state index in [1.165, 1.54) is 19.5 Å². The summed E-state index contributed by atoms with van der Waals surface area (Å²) in [4.78, 5) is 13.4. The first kappa shape index (κ1) is 18.0. The highest BCUT2D eigenvalue weighted by atomic mass is 35.5. The van der Waals surface area contributed by atoms with Gasteiger partial charge in [0.1, 0.15) is 5.75 Å². The molecule has 3 nitrogen and oxygen atoms in total. The molecule has 1 fully saturated rings. The van der Waals surface area contributed by atoms with Crippen molar-refractivity contribution in [1.82, 2.24) is 4.90 Å². The van der Waals surface area contributed by atoms with Gasteiger partial charge in [-0.1, -0.05) is 26.0 Å². The summed E-state index contributed by atoms with van der Waals surface area (Å²) in [7, 11) is 0. The van der Waals surface area contributed by atoms with Gasteiger partial charge in [0.15, 0.2) is 6.29 Å². The Balaban J connectivity index is 0.00000220. The van der Waals surface area contributed by atoms with Crippen molar-refractivity contribution in [2.45, 2.75) is 26.7 Å². The Labute approximate surface area is 134 Å². The highest BCUT2D eigenvalue weighted by molar-refractivity contribution is 5.85. The second kappa shape index (κ2) is 9.06. The topological polar surface area (TPSA) is 29.5 Å². The summed E-state index contributed by atoms with van der Waals surface area (Å²) in [6.07, 6.45) is 3.20. The number of piperidine rings is 1. The fraction of sp³-hybridized carbons (Fsp3) is 0.588. The van der Waals surface area contributed by atoms with E-state index in [2.05, 4.69) is 18.7 Å². The quantitative estimate of drug-likeness (QED) is 0.593. The van der Waals surface area contributed by atoms with E-state index in [0.29, 0.717) is 17.9 Å². The van der Waals surface area contributed by atoms with Gasteiger partial charge in [0.2, 0.25) is 0 Å². The van der Waals surface area contributed by atoms with Crippen LogP contribution in [0.4, 0.5) is 0 Å². The van der Waals surface area contributed by atoms with Crippen LogP contribution in [0, 0.1) is 11.8 Å². The molecule has 0 amide bonds. The molecule has 0 N–H and O–H groups in total. The number of nitrogens with zero attached hydrogens (tertiary/aromatic N) is 1. The number of aldehydes is 1. The third-order valence-electron chi connectivity index (χ3n) is 3.87. The number of hydrogen-bond donors (Lipinski definition) is 0. The van der Waals surface area contributed by atoms with E-state index >= 15 is 0 Å². The second-order valence-electron chi connectivity index (χ2n) is 6.06. The van der Waals surface area contributed by atoms with Crippen LogP contribution in [0.2, 0.25) is 0 Å². The van der Waals surface area contributed by atoms with Crippen LogP contribution in [-0.2, 0) is 0 Å². The molecule has 1 saturated heterocycles. The molecule has 118 valence electrons. The lowest BCUT2D eigenvalue weighted by Gasteiger charge is -2.34. The van der Waals surface area contributed by atoms with E-state index in [-0.39, 0.29) is 12.4 Å². The molecule has 2 unspecified atom stereocenters. The first-order valence-corrected chi connectivity index (χ1v) is 7.58. The lowest BCUT2D eigenvalue weighted by molar-refractivity contribution is 0.111. The molecule has 2 rings (SSSR count). The van der Waals surface area contributed by atoms with Gasteiger partial charge in [-0.25, -0.2) is 0 Å². The highest BCUT2D eigenvalue weighted by Crippen LogP contribution is 2.21. The Morgan fingerprint density at radius 3 is 2.57 bits per heavy atom. The molecule has 1 heterocycles. The first-order valence-electron chi connectivity index (χ1n) is 7.58. The number of benzene rings is 1. The maximum atomic E-state index is 10.9. The van der Waals surface area contributed by atoms with Gasteiger partial charge >= 0.3 is 0 Å². The van der Waals surface area contributed by atoms with Crippen molar-refractivity contribution in [3.63, 3.8) is 0 Å². The van der Waals surface area contributed by atoms with Crippen molar-refractivity contribution in [1.29, 1.82) is 0 Å². The van der Waals surface area contributed by atoms with Crippen LogP contribution in [0.15, 0.2) is 24.3 Å². The number of carbonyl (C=O) groups excluding carboxylic acids is 1. The summed E-state index contributed by atoms with van der Waals surface area (Å²) in [5.74, 6) is 2.30. The Hall–Kier alpha value is -1.06. The standard InChI is InChI=1S/C17H25NO2.ClH/c1-14-10-15(2)12-18(11-14)8-5-9-20-17-7-4-3-6-16(17)13-19;/h3-4,6-7,13-15H,5,8-12H2,1-2H3;1H. The molecular formula is C17H26ClNO2. The third-order valence-corrected chi connectivity index (χ3v) is 3.87. The number of ether oxygens (including phenoxy) is 1. The van der Waals surface area contributed by atoms with Crippen LogP contribution in [-0.4, -0.2) is 37.4 Å². The van der Waals surface area contributed by atoms with E-state index in [0.717, 1.165) is 31.1 Å². The molecule has 0 aromatic heterocycles. The maximum absolute atomic E-state index is 10.9. The van der Waals surface area contributed by atoms with Gasteiger partial charge in [0.05, 0.1) is 12.2 Å². The van der Waals surface area contributed by atoms with Crippen LogP contribution < -0.4 is 4.74 Å². The lowest BCUT2D eigenvalue weighted by Crippen LogP contribution is -2.39. The average Bonchev–Trinajstić information content (AvgIpc) is 2.43. The minimum absolute atomic E-state index is 0. The predicted octanol–water partition coefficient (Wildman–Crippen LogP) is 3.67. The maximum Gasteiger partial charge on any atom is 0.153 e. The van der Waals surface area contributed by atoms with E-state index in [9.17, 15) is 4.79 Å². The number of para-hydroxylation sites is 1. The smallest absolute Gasteiger partial charge is 0.153 e. The molecule has 2 atom stereocenters. The van der Waals surface area contributed by atoms with Crippen molar-refractivity contribution in [2.75, 3.05) is 26.2 Å². The van der Waals surface area contributed by atoms with Gasteiger partial charge in [-0.05, 0) is 36.8 Å². The SMILES string of the molecule is CC1CC(C)CN(CCCOc2ccccc2C=O)C1.Cl. The Morgan fingerprint density at radius 1 is 1.24 bits per heavy atom. The molecule has 0 aliphatic carbocycles. The Bertz CT molecular complexity index is 429. The minimum Gasteiger partial charge on any atom is -0.493 e. The van der Waals surface area contributed by atoms with Gasteiger partial charge in [0.25, 0.3) is 0 Å². The summed E-state index contributed by atoms with van der Waals surface area (Å²) in [5, 5.41) is 0. The van der Waals surface area contributed by atoms with Crippen molar-refractivity contribution >= 4 is 18.7 Å². The van der Waals surface area contributed by atoms with Gasteiger partial charge in [-0.3, -0.25) is 4.79 Å². The summed E-state index contributed by atoms with van der Waals surface area (Å²) in [6, 6.07) is 7.40. The van der Waals surface area contributed by atoms with Gasteiger partial charge in [-0.15, -0.1) is 12.4 Å². The van der Waals surface area contributed by atoms with Crippen LogP contribution in [0.25, 0.3) is 0 Å². The lowest BCUT2D eigenvalue weighted by atomic mass is 9.92. The summed E-state index contributed by atoms with van der Waals surface area (Å²) >= 11 is 0. The fourth-order valence-corrected chi connectivity index (χ4v) is 3.15. The van der Waals surface area contributed by atoms with E-state index < -0.39 is 0 Å². The fourth-order valence-electron chi connectivity index (χ4n) is 3.15. The Kier molecular flexibility index (Phi) is 7.76. The number of halogens is 1. The molecule has 0 bridgehead atoms. The average molecular weight is 312 g/mol. The monoisotopic (exact) mass is 311 g/mol. The van der Waals surface area contributed by atoms with Gasteiger partial charge in [-0.2, -0.15) is 0 Å². The van der Waals surface area contributed by atoms with Crippen LogP contribution >= 0.6 is 12.4 Å². The van der Waals surface area contributed by atoms with Crippen molar-refractivity contribution in [3.8, 4) is 5.75 Å². The number of carbonyl (C=O) groups is 1. The van der Waals surface area contributed by atoms with Crippen molar-refractivity contribution in [3.05, 3.63) is 29.8 Å². The molecule has 0 spiro atoms. The second-order valence-corrected chi connectivity index (χ2v) is 6.06. The predicted molar refractivity (Wildman–Crippen MR) is 88.6 cm³/mol. The third kappa shape index (κ3) is 5.68. The van der Waals surface area contributed by atoms with Crippen molar-refractivity contribution < 1.29 is 9.53 Å². The minimum atomic E-state index is 0. The molecular weight excluding hydrogens is 286 g/mol. The van der Waals surface area contributed by atoms with Gasteiger partial charge < -0.3 is 9.64 Å². The van der Waals surface area contributed by atoms with Gasteiger partial charge in [0, 0.05) is 19.6 Å². The zero-order chi connectivity index (χ0) is 14.4. The molecule has 0 radical (unpaired) electrons. The summed E-state index contributed by atoms with van der Waals surface area (Å²) in [5.41, 5.74) is 0.632. The molecule has 0 saturated carbocycles. The summed E-state index contributed by atoms with van der Waals surface area (Å²) in [6.45, 7) is 8.82. The zero-order valence-electron chi connectivity index (χ0n) is 13.0. The van der Waals surface area contributed by atoms with Crippen molar-refractivity contribution in [2.24, 2.45) is 11.8 Å². The molecule has 21 heavy (non-hydrogen) atoms. The molecule has 1 aliphatic rings. The first-order chi connectivity index (χ1) is 9.69. The molecule has 4 heteroatoms. The van der Waals surface area contributed by atoms with Crippen LogP contribution in [0.1, 0.15) is 37.0 Å². The molecule has 1 aromatic rings. The van der Waals surface area contributed by atoms with E-state index in [1.54, 1.807) is 6.07 Å². The normalized spacial score (nSPS) is 22.4.